The third-order valence-corrected chi connectivity index (χ3v) is 4.66. The van der Waals surface area contributed by atoms with Crippen LogP contribution in [0.2, 0.25) is 5.02 Å². The van der Waals surface area contributed by atoms with Crippen molar-refractivity contribution in [3.8, 4) is 22.8 Å². The van der Waals surface area contributed by atoms with Gasteiger partial charge in [-0.25, -0.2) is 4.39 Å². The SMILES string of the molecule is Cc1onc(-c2c(F)cccc2Cl)c1C(=O)NC[C@H]1COc2ccccc2O1. The van der Waals surface area contributed by atoms with Gasteiger partial charge in [-0.05, 0) is 31.2 Å². The number of hydrogen-bond acceptors (Lipinski definition) is 5. The minimum atomic E-state index is -0.588. The van der Waals surface area contributed by atoms with Crippen molar-refractivity contribution in [2.45, 2.75) is 13.0 Å². The number of nitrogens with zero attached hydrogens (tertiary/aromatic N) is 1. The molecule has 4 rings (SSSR count). The number of carbonyl (C=O) groups is 1. The maximum absolute atomic E-state index is 14.3. The van der Waals surface area contributed by atoms with Crippen molar-refractivity contribution < 1.29 is 23.2 Å². The highest BCUT2D eigenvalue weighted by Gasteiger charge is 2.27. The van der Waals surface area contributed by atoms with Gasteiger partial charge >= 0.3 is 0 Å². The lowest BCUT2D eigenvalue weighted by molar-refractivity contribution is 0.0788. The largest absolute Gasteiger partial charge is 0.486 e. The van der Waals surface area contributed by atoms with Crippen LogP contribution in [0, 0.1) is 12.7 Å². The number of halogens is 2. The first kappa shape index (κ1) is 18.3. The molecule has 0 radical (unpaired) electrons. The summed E-state index contributed by atoms with van der Waals surface area (Å²) in [6.07, 6.45) is -0.362. The molecule has 2 heterocycles. The fourth-order valence-corrected chi connectivity index (χ4v) is 3.25. The Morgan fingerprint density at radius 3 is 2.82 bits per heavy atom. The van der Waals surface area contributed by atoms with E-state index >= 15 is 0 Å². The summed E-state index contributed by atoms with van der Waals surface area (Å²) in [6, 6.07) is 11.6. The third kappa shape index (κ3) is 3.41. The molecule has 1 N–H and O–H groups in total. The van der Waals surface area contributed by atoms with Gasteiger partial charge in [0, 0.05) is 0 Å². The summed E-state index contributed by atoms with van der Waals surface area (Å²) in [5.74, 6) is 0.494. The fourth-order valence-electron chi connectivity index (χ4n) is 2.99. The summed E-state index contributed by atoms with van der Waals surface area (Å²) >= 11 is 6.11. The number of aromatic nitrogens is 1. The summed E-state index contributed by atoms with van der Waals surface area (Å²) < 4.78 is 30.9. The molecule has 28 heavy (non-hydrogen) atoms. The fraction of sp³-hybridized carbons (Fsp3) is 0.200. The van der Waals surface area contributed by atoms with Gasteiger partial charge < -0.3 is 19.3 Å². The van der Waals surface area contributed by atoms with Gasteiger partial charge in [0.15, 0.2) is 11.5 Å². The maximum Gasteiger partial charge on any atom is 0.257 e. The van der Waals surface area contributed by atoms with E-state index in [2.05, 4.69) is 10.5 Å². The van der Waals surface area contributed by atoms with Crippen LogP contribution in [0.5, 0.6) is 11.5 Å². The summed E-state index contributed by atoms with van der Waals surface area (Å²) in [5.41, 5.74) is 0.214. The Morgan fingerprint density at radius 2 is 2.04 bits per heavy atom. The molecule has 2 aromatic carbocycles. The number of aryl methyl sites for hydroxylation is 1. The van der Waals surface area contributed by atoms with Gasteiger partial charge in [-0.15, -0.1) is 0 Å². The quantitative estimate of drug-likeness (QED) is 0.713. The van der Waals surface area contributed by atoms with Gasteiger partial charge in [-0.1, -0.05) is 35.0 Å². The van der Waals surface area contributed by atoms with Gasteiger partial charge in [0.25, 0.3) is 5.91 Å². The number of fused-ring (bicyclic) bond motifs is 1. The van der Waals surface area contributed by atoms with Crippen molar-refractivity contribution in [1.29, 1.82) is 0 Å². The van der Waals surface area contributed by atoms with E-state index in [1.165, 1.54) is 18.2 Å². The molecule has 0 saturated heterocycles. The predicted molar refractivity (Wildman–Crippen MR) is 100 cm³/mol. The highest BCUT2D eigenvalue weighted by atomic mass is 35.5. The first-order chi connectivity index (χ1) is 13.5. The van der Waals surface area contributed by atoms with Crippen LogP contribution in [0.4, 0.5) is 4.39 Å². The number of amides is 1. The van der Waals surface area contributed by atoms with Crippen molar-refractivity contribution in [1.82, 2.24) is 10.5 Å². The summed E-state index contributed by atoms with van der Waals surface area (Å²) in [7, 11) is 0. The molecule has 0 bridgehead atoms. The molecule has 1 atom stereocenters. The normalized spacial score (nSPS) is 15.3. The van der Waals surface area contributed by atoms with Crippen molar-refractivity contribution >= 4 is 17.5 Å². The smallest absolute Gasteiger partial charge is 0.257 e. The summed E-state index contributed by atoms with van der Waals surface area (Å²) in [4.78, 5) is 12.8. The highest BCUT2D eigenvalue weighted by molar-refractivity contribution is 6.33. The minimum absolute atomic E-state index is 0.0253. The first-order valence-corrected chi connectivity index (χ1v) is 8.99. The Bertz CT molecular complexity index is 1020. The molecular weight excluding hydrogens is 387 g/mol. The molecule has 144 valence electrons. The molecule has 1 aromatic heterocycles. The Morgan fingerprint density at radius 1 is 1.25 bits per heavy atom. The molecule has 0 fully saturated rings. The molecule has 1 aliphatic heterocycles. The molecular formula is C20H16ClFN2O4. The number of para-hydroxylation sites is 2. The zero-order valence-electron chi connectivity index (χ0n) is 14.9. The van der Waals surface area contributed by atoms with Crippen LogP contribution in [0.15, 0.2) is 47.0 Å². The molecule has 0 saturated carbocycles. The molecule has 0 spiro atoms. The van der Waals surface area contributed by atoms with E-state index in [1.807, 2.05) is 18.2 Å². The number of benzene rings is 2. The van der Waals surface area contributed by atoms with Gasteiger partial charge in [0.05, 0.1) is 17.1 Å². The Kier molecular flexibility index (Phi) is 4.92. The van der Waals surface area contributed by atoms with Crippen molar-refractivity contribution in [2.24, 2.45) is 0 Å². The van der Waals surface area contributed by atoms with E-state index in [-0.39, 0.29) is 40.3 Å². The number of rotatable bonds is 4. The van der Waals surface area contributed by atoms with Crippen molar-refractivity contribution in [2.75, 3.05) is 13.2 Å². The van der Waals surface area contributed by atoms with E-state index in [1.54, 1.807) is 13.0 Å². The van der Waals surface area contributed by atoms with Gasteiger partial charge in [0.1, 0.15) is 35.5 Å². The number of hydrogen-bond donors (Lipinski definition) is 1. The van der Waals surface area contributed by atoms with Crippen molar-refractivity contribution in [3.05, 3.63) is 64.6 Å². The van der Waals surface area contributed by atoms with Crippen LogP contribution in [-0.2, 0) is 0 Å². The Hall–Kier alpha value is -3.06. The molecule has 0 unspecified atom stereocenters. The lowest BCUT2D eigenvalue weighted by Gasteiger charge is -2.26. The Balaban J connectivity index is 1.52. The average molecular weight is 403 g/mol. The molecule has 6 nitrogen and oxygen atoms in total. The monoisotopic (exact) mass is 402 g/mol. The van der Waals surface area contributed by atoms with Crippen molar-refractivity contribution in [3.63, 3.8) is 0 Å². The van der Waals surface area contributed by atoms with Crippen LogP contribution >= 0.6 is 11.6 Å². The van der Waals surface area contributed by atoms with E-state index < -0.39 is 11.7 Å². The number of ether oxygens (including phenoxy) is 2. The Labute approximate surface area is 165 Å². The molecule has 1 aliphatic rings. The summed E-state index contributed by atoms with van der Waals surface area (Å²) in [5, 5.41) is 6.74. The summed E-state index contributed by atoms with van der Waals surface area (Å²) in [6.45, 7) is 2.07. The second-order valence-corrected chi connectivity index (χ2v) is 6.67. The van der Waals surface area contributed by atoms with E-state index in [4.69, 9.17) is 25.6 Å². The zero-order chi connectivity index (χ0) is 19.7. The van der Waals surface area contributed by atoms with Crippen LogP contribution in [0.1, 0.15) is 16.1 Å². The van der Waals surface area contributed by atoms with E-state index in [9.17, 15) is 9.18 Å². The predicted octanol–water partition coefficient (Wildman–Crippen LogP) is 4.01. The van der Waals surface area contributed by atoms with E-state index in [0.29, 0.717) is 18.1 Å². The van der Waals surface area contributed by atoms with Crippen LogP contribution in [0.3, 0.4) is 0 Å². The standard InChI is InChI=1S/C20H16ClFN2O4/c1-11-17(19(24-28-11)18-13(21)5-4-6-14(18)22)20(25)23-9-12-10-26-15-7-2-3-8-16(15)27-12/h2-8,12H,9-10H2,1H3,(H,23,25)/t12-/m0/s1. The molecule has 0 aliphatic carbocycles. The number of carbonyl (C=O) groups excluding carboxylic acids is 1. The second-order valence-electron chi connectivity index (χ2n) is 6.27. The van der Waals surface area contributed by atoms with Crippen LogP contribution in [0.25, 0.3) is 11.3 Å². The first-order valence-electron chi connectivity index (χ1n) is 8.62. The third-order valence-electron chi connectivity index (χ3n) is 4.35. The lowest BCUT2D eigenvalue weighted by atomic mass is 10.0. The zero-order valence-corrected chi connectivity index (χ0v) is 15.6. The minimum Gasteiger partial charge on any atom is -0.486 e. The lowest BCUT2D eigenvalue weighted by Crippen LogP contribution is -2.40. The van der Waals surface area contributed by atoms with E-state index in [0.717, 1.165) is 0 Å². The molecule has 8 heteroatoms. The average Bonchev–Trinajstić information content (AvgIpc) is 3.07. The second kappa shape index (κ2) is 7.52. The molecule has 3 aromatic rings. The highest BCUT2D eigenvalue weighted by Crippen LogP contribution is 2.34. The van der Waals surface area contributed by atoms with Gasteiger partial charge in [0.2, 0.25) is 0 Å². The van der Waals surface area contributed by atoms with Crippen LogP contribution in [-0.4, -0.2) is 30.3 Å². The van der Waals surface area contributed by atoms with Gasteiger partial charge in [-0.2, -0.15) is 0 Å². The van der Waals surface area contributed by atoms with Gasteiger partial charge in [-0.3, -0.25) is 4.79 Å². The number of nitrogens with one attached hydrogen (secondary N) is 1. The molecule has 1 amide bonds. The topological polar surface area (TPSA) is 73.6 Å². The maximum atomic E-state index is 14.3. The van der Waals surface area contributed by atoms with Crippen LogP contribution < -0.4 is 14.8 Å².